The lowest BCUT2D eigenvalue weighted by Gasteiger charge is -2.18. The molecule has 3 rings (SSSR count). The van der Waals surface area contributed by atoms with Gasteiger partial charge in [0.25, 0.3) is 0 Å². The zero-order valence-corrected chi connectivity index (χ0v) is 19.5. The first-order chi connectivity index (χ1) is 15.8. The van der Waals surface area contributed by atoms with Crippen LogP contribution in [0.5, 0.6) is 5.75 Å². The van der Waals surface area contributed by atoms with Crippen molar-refractivity contribution in [3.8, 4) is 5.75 Å². The molecule has 0 spiro atoms. The van der Waals surface area contributed by atoms with Crippen LogP contribution in [-0.4, -0.2) is 18.1 Å². The maximum absolute atomic E-state index is 12.6. The Morgan fingerprint density at radius 1 is 0.818 bits per heavy atom. The smallest absolute Gasteiger partial charge is 0.170 e. The first-order valence-corrected chi connectivity index (χ1v) is 11.1. The maximum Gasteiger partial charge on any atom is 0.170 e. The highest BCUT2D eigenvalue weighted by atomic mass is 16.5. The number of ether oxygens (including phenoxy) is 1. The van der Waals surface area contributed by atoms with Crippen LogP contribution in [0.1, 0.15) is 64.6 Å². The zero-order chi connectivity index (χ0) is 23.8. The number of ketones is 2. The first-order valence-electron chi connectivity index (χ1n) is 11.1. The van der Waals surface area contributed by atoms with Crippen LogP contribution < -0.4 is 10.5 Å². The minimum Gasteiger partial charge on any atom is -0.489 e. The van der Waals surface area contributed by atoms with Gasteiger partial charge in [-0.25, -0.2) is 0 Å². The van der Waals surface area contributed by atoms with Gasteiger partial charge in [0.2, 0.25) is 0 Å². The average molecular weight is 442 g/mol. The standard InChI is InChI=1S/C29H31NO3/c1-29(2,3)25-14-10-23(11-15-25)27(31)19-28(32)24-12-16-26(17-13-24)33-20-22-8-6-21(7-9-22)5-4-18-30/h4-17H,18-20,30H2,1-3H3/b5-4+. The summed E-state index contributed by atoms with van der Waals surface area (Å²) in [6.45, 7) is 7.32. The van der Waals surface area contributed by atoms with E-state index in [4.69, 9.17) is 10.5 Å². The van der Waals surface area contributed by atoms with Crippen molar-refractivity contribution in [1.82, 2.24) is 0 Å². The third-order valence-corrected chi connectivity index (χ3v) is 5.40. The van der Waals surface area contributed by atoms with Gasteiger partial charge in [0, 0.05) is 17.7 Å². The Morgan fingerprint density at radius 2 is 1.36 bits per heavy atom. The number of benzene rings is 3. The minimum atomic E-state index is -0.201. The Morgan fingerprint density at radius 3 is 1.88 bits per heavy atom. The van der Waals surface area contributed by atoms with E-state index in [1.54, 1.807) is 36.4 Å². The number of Topliss-reactive ketones (excluding diaryl/α,β-unsaturated/α-hetero) is 2. The van der Waals surface area contributed by atoms with Gasteiger partial charge >= 0.3 is 0 Å². The lowest BCUT2D eigenvalue weighted by Crippen LogP contribution is -2.12. The van der Waals surface area contributed by atoms with Gasteiger partial charge in [0.1, 0.15) is 12.4 Å². The van der Waals surface area contributed by atoms with Crippen LogP contribution in [-0.2, 0) is 12.0 Å². The predicted molar refractivity (Wildman–Crippen MR) is 134 cm³/mol. The van der Waals surface area contributed by atoms with Crippen molar-refractivity contribution in [2.75, 3.05) is 6.54 Å². The molecule has 0 fully saturated rings. The summed E-state index contributed by atoms with van der Waals surface area (Å²) in [6, 6.07) is 22.5. The highest BCUT2D eigenvalue weighted by Crippen LogP contribution is 2.23. The van der Waals surface area contributed by atoms with Crippen LogP contribution in [0.4, 0.5) is 0 Å². The molecule has 0 aliphatic heterocycles. The Balaban J connectivity index is 1.54. The fourth-order valence-corrected chi connectivity index (χ4v) is 3.34. The van der Waals surface area contributed by atoms with E-state index in [-0.39, 0.29) is 23.4 Å². The second-order valence-electron chi connectivity index (χ2n) is 9.04. The Bertz CT molecular complexity index is 1100. The molecule has 0 heterocycles. The topological polar surface area (TPSA) is 69.4 Å². The molecular weight excluding hydrogens is 410 g/mol. The highest BCUT2D eigenvalue weighted by molar-refractivity contribution is 6.13. The van der Waals surface area contributed by atoms with Crippen molar-refractivity contribution >= 4 is 17.6 Å². The van der Waals surface area contributed by atoms with Crippen molar-refractivity contribution in [2.45, 2.75) is 39.2 Å². The van der Waals surface area contributed by atoms with E-state index in [9.17, 15) is 9.59 Å². The molecule has 0 amide bonds. The van der Waals surface area contributed by atoms with E-state index in [0.29, 0.717) is 30.0 Å². The van der Waals surface area contributed by atoms with E-state index in [0.717, 1.165) is 16.7 Å². The molecule has 3 aromatic carbocycles. The zero-order valence-electron chi connectivity index (χ0n) is 19.5. The van der Waals surface area contributed by atoms with Crippen LogP contribution in [0.2, 0.25) is 0 Å². The number of nitrogens with two attached hydrogens (primary N) is 1. The fraction of sp³-hybridized carbons (Fsp3) is 0.241. The number of rotatable bonds is 9. The van der Waals surface area contributed by atoms with E-state index in [2.05, 4.69) is 20.8 Å². The number of carbonyl (C=O) groups is 2. The van der Waals surface area contributed by atoms with Crippen LogP contribution >= 0.6 is 0 Å². The predicted octanol–water partition coefficient (Wildman–Crippen LogP) is 5.99. The molecule has 170 valence electrons. The van der Waals surface area contributed by atoms with Crippen LogP contribution in [0.3, 0.4) is 0 Å². The van der Waals surface area contributed by atoms with Gasteiger partial charge in [-0.2, -0.15) is 0 Å². The lowest BCUT2D eigenvalue weighted by atomic mass is 9.86. The molecule has 4 heteroatoms. The Labute approximate surface area is 196 Å². The van der Waals surface area contributed by atoms with Gasteiger partial charge in [-0.1, -0.05) is 81.5 Å². The molecule has 2 N–H and O–H groups in total. The molecule has 33 heavy (non-hydrogen) atoms. The molecule has 0 saturated heterocycles. The summed E-state index contributed by atoms with van der Waals surface area (Å²) in [6.07, 6.45) is 3.73. The first kappa shape index (κ1) is 24.1. The van der Waals surface area contributed by atoms with Gasteiger partial charge in [-0.3, -0.25) is 9.59 Å². The van der Waals surface area contributed by atoms with Crippen molar-refractivity contribution < 1.29 is 14.3 Å². The number of hydrogen-bond donors (Lipinski definition) is 1. The lowest BCUT2D eigenvalue weighted by molar-refractivity contribution is 0.0894. The Kier molecular flexibility index (Phi) is 7.96. The molecule has 0 radical (unpaired) electrons. The number of carbonyl (C=O) groups excluding carboxylic acids is 2. The minimum absolute atomic E-state index is 0.0203. The molecule has 0 unspecified atom stereocenters. The molecule has 0 saturated carbocycles. The summed E-state index contributed by atoms with van der Waals surface area (Å²) in [7, 11) is 0. The van der Waals surface area contributed by atoms with Crippen LogP contribution in [0, 0.1) is 0 Å². The summed E-state index contributed by atoms with van der Waals surface area (Å²) in [5.41, 5.74) is 9.83. The summed E-state index contributed by atoms with van der Waals surface area (Å²) >= 11 is 0. The Hall–Kier alpha value is -3.50. The molecular formula is C29H31NO3. The SMILES string of the molecule is CC(C)(C)c1ccc(C(=O)CC(=O)c2ccc(OCc3ccc(/C=C/CN)cc3)cc2)cc1. The van der Waals surface area contributed by atoms with E-state index in [1.807, 2.05) is 48.6 Å². The van der Waals surface area contributed by atoms with Gasteiger partial charge in [0.05, 0.1) is 6.42 Å². The van der Waals surface area contributed by atoms with Crippen LogP contribution in [0.25, 0.3) is 6.08 Å². The van der Waals surface area contributed by atoms with E-state index in [1.165, 1.54) is 0 Å². The molecule has 0 bridgehead atoms. The number of hydrogen-bond acceptors (Lipinski definition) is 4. The van der Waals surface area contributed by atoms with Gasteiger partial charge < -0.3 is 10.5 Å². The van der Waals surface area contributed by atoms with E-state index < -0.39 is 0 Å². The molecule has 0 aliphatic carbocycles. The van der Waals surface area contributed by atoms with E-state index >= 15 is 0 Å². The maximum atomic E-state index is 12.6. The van der Waals surface area contributed by atoms with Crippen molar-refractivity contribution in [3.63, 3.8) is 0 Å². The summed E-state index contributed by atoms with van der Waals surface area (Å²) < 4.78 is 5.82. The fourth-order valence-electron chi connectivity index (χ4n) is 3.34. The third-order valence-electron chi connectivity index (χ3n) is 5.40. The third kappa shape index (κ3) is 6.99. The van der Waals surface area contributed by atoms with Crippen molar-refractivity contribution in [1.29, 1.82) is 0 Å². The van der Waals surface area contributed by atoms with Crippen molar-refractivity contribution in [2.24, 2.45) is 5.73 Å². The molecule has 3 aromatic rings. The second kappa shape index (κ2) is 10.9. The summed E-state index contributed by atoms with van der Waals surface area (Å²) in [5, 5.41) is 0. The molecule has 4 nitrogen and oxygen atoms in total. The van der Waals surface area contributed by atoms with Gasteiger partial charge in [0.15, 0.2) is 11.6 Å². The van der Waals surface area contributed by atoms with Crippen molar-refractivity contribution in [3.05, 3.63) is 107 Å². The monoisotopic (exact) mass is 441 g/mol. The second-order valence-corrected chi connectivity index (χ2v) is 9.04. The average Bonchev–Trinajstić information content (AvgIpc) is 2.82. The summed E-state index contributed by atoms with van der Waals surface area (Å²) in [4.78, 5) is 25.1. The van der Waals surface area contributed by atoms with Crippen LogP contribution in [0.15, 0.2) is 78.9 Å². The molecule has 0 atom stereocenters. The molecule has 0 aromatic heterocycles. The largest absolute Gasteiger partial charge is 0.489 e. The highest BCUT2D eigenvalue weighted by Gasteiger charge is 2.17. The van der Waals surface area contributed by atoms with Gasteiger partial charge in [-0.05, 0) is 46.4 Å². The molecule has 0 aliphatic rings. The summed E-state index contributed by atoms with van der Waals surface area (Å²) in [5.74, 6) is 0.292. The van der Waals surface area contributed by atoms with Gasteiger partial charge in [-0.15, -0.1) is 0 Å². The normalized spacial score (nSPS) is 11.5. The quantitative estimate of drug-likeness (QED) is 0.327.